The molecule has 0 aliphatic rings. The van der Waals surface area contributed by atoms with Gasteiger partial charge in [-0.15, -0.1) is 0 Å². The van der Waals surface area contributed by atoms with Gasteiger partial charge in [-0.2, -0.15) is 0 Å². The van der Waals surface area contributed by atoms with Crippen molar-refractivity contribution in [1.29, 1.82) is 0 Å². The molecule has 3 nitrogen and oxygen atoms in total. The molecule has 0 radical (unpaired) electrons. The van der Waals surface area contributed by atoms with Gasteiger partial charge in [0.1, 0.15) is 5.15 Å². The molecule has 2 aromatic rings. The maximum absolute atomic E-state index is 5.84. The van der Waals surface area contributed by atoms with Crippen LogP contribution in [0.25, 0.3) is 0 Å². The standard InChI is InChI=1S/C12H11BrClN3/c1-8(9-3-2-4-15-6-9)17-10-5-11(13)12(14)16-7-10/h2-8,17H,1H3. The van der Waals surface area contributed by atoms with Gasteiger partial charge in [-0.3, -0.25) is 4.98 Å². The average Bonchev–Trinajstić information content (AvgIpc) is 2.35. The fourth-order valence-corrected chi connectivity index (χ4v) is 1.92. The van der Waals surface area contributed by atoms with E-state index < -0.39 is 0 Å². The Labute approximate surface area is 113 Å². The van der Waals surface area contributed by atoms with Crippen LogP contribution in [0.4, 0.5) is 5.69 Å². The predicted molar refractivity (Wildman–Crippen MR) is 73.2 cm³/mol. The Morgan fingerprint density at radius 1 is 1.41 bits per heavy atom. The Morgan fingerprint density at radius 2 is 2.24 bits per heavy atom. The number of hydrogen-bond donors (Lipinski definition) is 1. The van der Waals surface area contributed by atoms with Crippen molar-refractivity contribution in [2.75, 3.05) is 5.32 Å². The lowest BCUT2D eigenvalue weighted by atomic mass is 10.1. The Balaban J connectivity index is 2.13. The number of nitrogens with one attached hydrogen (secondary N) is 1. The zero-order chi connectivity index (χ0) is 12.3. The molecule has 0 bridgehead atoms. The number of rotatable bonds is 3. The van der Waals surface area contributed by atoms with E-state index in [4.69, 9.17) is 11.6 Å². The van der Waals surface area contributed by atoms with Gasteiger partial charge >= 0.3 is 0 Å². The molecule has 0 saturated heterocycles. The summed E-state index contributed by atoms with van der Waals surface area (Å²) in [5, 5.41) is 3.80. The molecule has 0 aliphatic carbocycles. The third-order valence-corrected chi connectivity index (χ3v) is 3.50. The van der Waals surface area contributed by atoms with Gasteiger partial charge in [0.05, 0.1) is 22.4 Å². The Hall–Kier alpha value is -1.13. The van der Waals surface area contributed by atoms with Crippen molar-refractivity contribution in [2.24, 2.45) is 0 Å². The zero-order valence-corrected chi connectivity index (χ0v) is 11.5. The smallest absolute Gasteiger partial charge is 0.143 e. The lowest BCUT2D eigenvalue weighted by Crippen LogP contribution is -2.07. The predicted octanol–water partition coefficient (Wildman–Crippen LogP) is 4.07. The summed E-state index contributed by atoms with van der Waals surface area (Å²) in [5.41, 5.74) is 2.04. The maximum Gasteiger partial charge on any atom is 0.143 e. The highest BCUT2D eigenvalue weighted by Crippen LogP contribution is 2.25. The molecule has 0 fully saturated rings. The highest BCUT2D eigenvalue weighted by atomic mass is 79.9. The molecule has 88 valence electrons. The molecule has 1 unspecified atom stereocenters. The van der Waals surface area contributed by atoms with Crippen molar-refractivity contribution in [1.82, 2.24) is 9.97 Å². The van der Waals surface area contributed by atoms with Gasteiger partial charge in [0.25, 0.3) is 0 Å². The fraction of sp³-hybridized carbons (Fsp3) is 0.167. The molecule has 0 spiro atoms. The quantitative estimate of drug-likeness (QED) is 0.868. The molecule has 2 rings (SSSR count). The minimum absolute atomic E-state index is 0.165. The third-order valence-electron chi connectivity index (χ3n) is 2.36. The minimum atomic E-state index is 0.165. The van der Waals surface area contributed by atoms with Gasteiger partial charge in [0.2, 0.25) is 0 Å². The van der Waals surface area contributed by atoms with E-state index in [0.29, 0.717) is 5.15 Å². The van der Waals surface area contributed by atoms with Gasteiger partial charge in [-0.05, 0) is 40.5 Å². The molecule has 5 heteroatoms. The highest BCUT2D eigenvalue weighted by molar-refractivity contribution is 9.10. The maximum atomic E-state index is 5.84. The van der Waals surface area contributed by atoms with Crippen molar-refractivity contribution in [3.8, 4) is 0 Å². The monoisotopic (exact) mass is 311 g/mol. The normalized spacial score (nSPS) is 12.2. The van der Waals surface area contributed by atoms with Gasteiger partial charge < -0.3 is 5.32 Å². The van der Waals surface area contributed by atoms with Crippen LogP contribution in [0, 0.1) is 0 Å². The molecule has 0 aliphatic heterocycles. The van der Waals surface area contributed by atoms with E-state index in [9.17, 15) is 0 Å². The molecular formula is C12H11BrClN3. The SMILES string of the molecule is CC(Nc1cnc(Cl)c(Br)c1)c1cccnc1. The van der Waals surface area contributed by atoms with Crippen LogP contribution >= 0.6 is 27.5 Å². The molecule has 1 N–H and O–H groups in total. The van der Waals surface area contributed by atoms with Crippen molar-refractivity contribution >= 4 is 33.2 Å². The second kappa shape index (κ2) is 5.47. The van der Waals surface area contributed by atoms with Crippen LogP contribution < -0.4 is 5.32 Å². The highest BCUT2D eigenvalue weighted by Gasteiger charge is 2.06. The number of aromatic nitrogens is 2. The Bertz CT molecular complexity index is 504. The summed E-state index contributed by atoms with van der Waals surface area (Å²) >= 11 is 9.18. The molecule has 2 heterocycles. The first-order valence-electron chi connectivity index (χ1n) is 5.14. The van der Waals surface area contributed by atoms with E-state index in [1.807, 2.05) is 24.4 Å². The fourth-order valence-electron chi connectivity index (χ4n) is 1.47. The van der Waals surface area contributed by atoms with Crippen molar-refractivity contribution < 1.29 is 0 Å². The van der Waals surface area contributed by atoms with Crippen LogP contribution in [0.3, 0.4) is 0 Å². The number of pyridine rings is 2. The summed E-state index contributed by atoms with van der Waals surface area (Å²) in [5.74, 6) is 0. The second-order valence-electron chi connectivity index (χ2n) is 3.65. The van der Waals surface area contributed by atoms with Crippen molar-refractivity contribution in [3.63, 3.8) is 0 Å². The van der Waals surface area contributed by atoms with E-state index in [1.165, 1.54) is 0 Å². The first-order chi connectivity index (χ1) is 8.16. The first-order valence-corrected chi connectivity index (χ1v) is 6.31. The molecule has 0 saturated carbocycles. The van der Waals surface area contributed by atoms with Crippen molar-refractivity contribution in [3.05, 3.63) is 52.0 Å². The van der Waals surface area contributed by atoms with Gasteiger partial charge in [0, 0.05) is 12.4 Å². The summed E-state index contributed by atoms with van der Waals surface area (Å²) in [7, 11) is 0. The lowest BCUT2D eigenvalue weighted by molar-refractivity contribution is 0.874. The molecular weight excluding hydrogens is 302 g/mol. The molecule has 0 aromatic carbocycles. The van der Waals surface area contributed by atoms with Crippen LogP contribution in [0.15, 0.2) is 41.3 Å². The van der Waals surface area contributed by atoms with E-state index in [-0.39, 0.29) is 6.04 Å². The number of anilines is 1. The summed E-state index contributed by atoms with van der Waals surface area (Å²) in [6.45, 7) is 2.07. The minimum Gasteiger partial charge on any atom is -0.377 e. The summed E-state index contributed by atoms with van der Waals surface area (Å²) < 4.78 is 0.780. The van der Waals surface area contributed by atoms with Crippen LogP contribution in [0.1, 0.15) is 18.5 Å². The van der Waals surface area contributed by atoms with Gasteiger partial charge in [0.15, 0.2) is 0 Å². The van der Waals surface area contributed by atoms with E-state index >= 15 is 0 Å². The molecule has 17 heavy (non-hydrogen) atoms. The van der Waals surface area contributed by atoms with Crippen LogP contribution in [0.5, 0.6) is 0 Å². The van der Waals surface area contributed by atoms with Crippen LogP contribution in [-0.2, 0) is 0 Å². The molecule has 0 amide bonds. The number of hydrogen-bond acceptors (Lipinski definition) is 3. The number of nitrogens with zero attached hydrogens (tertiary/aromatic N) is 2. The molecule has 2 aromatic heterocycles. The second-order valence-corrected chi connectivity index (χ2v) is 4.86. The summed E-state index contributed by atoms with van der Waals surface area (Å²) in [6, 6.07) is 6.02. The van der Waals surface area contributed by atoms with Crippen LogP contribution in [-0.4, -0.2) is 9.97 Å². The van der Waals surface area contributed by atoms with Gasteiger partial charge in [-0.1, -0.05) is 17.7 Å². The first kappa shape index (κ1) is 12.3. The zero-order valence-electron chi connectivity index (χ0n) is 9.19. The van der Waals surface area contributed by atoms with E-state index in [2.05, 4.69) is 38.1 Å². The largest absolute Gasteiger partial charge is 0.377 e. The van der Waals surface area contributed by atoms with E-state index in [0.717, 1.165) is 15.7 Å². The summed E-state index contributed by atoms with van der Waals surface area (Å²) in [4.78, 5) is 8.16. The summed E-state index contributed by atoms with van der Waals surface area (Å²) in [6.07, 6.45) is 5.31. The average molecular weight is 313 g/mol. The van der Waals surface area contributed by atoms with Gasteiger partial charge in [-0.25, -0.2) is 4.98 Å². The lowest BCUT2D eigenvalue weighted by Gasteiger charge is -2.15. The molecule has 1 atom stereocenters. The van der Waals surface area contributed by atoms with Crippen LogP contribution in [0.2, 0.25) is 5.15 Å². The topological polar surface area (TPSA) is 37.8 Å². The Morgan fingerprint density at radius 3 is 2.88 bits per heavy atom. The third kappa shape index (κ3) is 3.17. The van der Waals surface area contributed by atoms with E-state index in [1.54, 1.807) is 12.4 Å². The Kier molecular flexibility index (Phi) is 3.97. The van der Waals surface area contributed by atoms with Crippen molar-refractivity contribution in [2.45, 2.75) is 13.0 Å². The number of halogens is 2.